The Labute approximate surface area is 135 Å². The standard InChI is InChI=1S/C17H24F2N2O2/c1-21(2)14(16-12(18)6-5-7-13(16)19)11-20-15(22)10-17(23)8-3-4-9-17/h5-7,14,23H,3-4,8-11H2,1-2H3,(H,20,22). The Morgan fingerprint density at radius 3 is 2.39 bits per heavy atom. The average Bonchev–Trinajstić information content (AvgIpc) is 2.87. The van der Waals surface area contributed by atoms with Gasteiger partial charge in [0.05, 0.1) is 18.1 Å². The Balaban J connectivity index is 2.02. The van der Waals surface area contributed by atoms with Crippen molar-refractivity contribution in [3.05, 3.63) is 35.4 Å². The van der Waals surface area contributed by atoms with Gasteiger partial charge in [-0.05, 0) is 39.1 Å². The molecule has 0 bridgehead atoms. The maximum Gasteiger partial charge on any atom is 0.222 e. The molecule has 0 aliphatic heterocycles. The highest BCUT2D eigenvalue weighted by atomic mass is 19.1. The Kier molecular flexibility index (Phi) is 5.70. The molecule has 1 aromatic rings. The molecule has 0 saturated heterocycles. The van der Waals surface area contributed by atoms with Gasteiger partial charge in [-0.25, -0.2) is 8.78 Å². The predicted molar refractivity (Wildman–Crippen MR) is 83.8 cm³/mol. The summed E-state index contributed by atoms with van der Waals surface area (Å²) in [4.78, 5) is 13.7. The smallest absolute Gasteiger partial charge is 0.222 e. The summed E-state index contributed by atoms with van der Waals surface area (Å²) in [5.41, 5.74) is -0.988. The van der Waals surface area contributed by atoms with E-state index in [0.29, 0.717) is 12.8 Å². The molecule has 4 nitrogen and oxygen atoms in total. The van der Waals surface area contributed by atoms with E-state index in [2.05, 4.69) is 5.32 Å². The monoisotopic (exact) mass is 326 g/mol. The number of nitrogens with one attached hydrogen (secondary N) is 1. The zero-order valence-electron chi connectivity index (χ0n) is 13.6. The lowest BCUT2D eigenvalue weighted by atomic mass is 9.97. The molecule has 1 unspecified atom stereocenters. The maximum absolute atomic E-state index is 14.0. The summed E-state index contributed by atoms with van der Waals surface area (Å²) in [5, 5.41) is 12.9. The molecule has 1 aliphatic rings. The molecule has 0 aromatic heterocycles. The van der Waals surface area contributed by atoms with Crippen LogP contribution in [0, 0.1) is 11.6 Å². The van der Waals surface area contributed by atoms with Crippen LogP contribution in [0.4, 0.5) is 8.78 Å². The van der Waals surface area contributed by atoms with Crippen molar-refractivity contribution >= 4 is 5.91 Å². The van der Waals surface area contributed by atoms with Gasteiger partial charge < -0.3 is 15.3 Å². The number of hydrogen-bond donors (Lipinski definition) is 2. The molecule has 2 rings (SSSR count). The van der Waals surface area contributed by atoms with E-state index in [4.69, 9.17) is 0 Å². The number of benzene rings is 1. The maximum atomic E-state index is 14.0. The van der Waals surface area contributed by atoms with Gasteiger partial charge in [-0.15, -0.1) is 0 Å². The minimum Gasteiger partial charge on any atom is -0.389 e. The predicted octanol–water partition coefficient (Wildman–Crippen LogP) is 2.38. The van der Waals surface area contributed by atoms with Gasteiger partial charge >= 0.3 is 0 Å². The van der Waals surface area contributed by atoms with Gasteiger partial charge in [0.15, 0.2) is 0 Å². The summed E-state index contributed by atoms with van der Waals surface area (Å²) >= 11 is 0. The van der Waals surface area contributed by atoms with Gasteiger partial charge in [-0.2, -0.15) is 0 Å². The molecule has 1 amide bonds. The lowest BCUT2D eigenvalue weighted by Gasteiger charge is -2.27. The molecular weight excluding hydrogens is 302 g/mol. The third kappa shape index (κ3) is 4.48. The highest BCUT2D eigenvalue weighted by Gasteiger charge is 2.33. The minimum atomic E-state index is -0.930. The molecule has 0 spiro atoms. The third-order valence-electron chi connectivity index (χ3n) is 4.47. The Hall–Kier alpha value is -1.53. The average molecular weight is 326 g/mol. The van der Waals surface area contributed by atoms with Crippen LogP contribution in [0.1, 0.15) is 43.7 Å². The summed E-state index contributed by atoms with van der Waals surface area (Å²) in [5.74, 6) is -1.56. The van der Waals surface area contributed by atoms with Crippen LogP contribution >= 0.6 is 0 Å². The van der Waals surface area contributed by atoms with E-state index in [-0.39, 0.29) is 24.4 Å². The van der Waals surface area contributed by atoms with Crippen molar-refractivity contribution in [3.8, 4) is 0 Å². The van der Waals surface area contributed by atoms with Crippen molar-refractivity contribution in [1.82, 2.24) is 10.2 Å². The minimum absolute atomic E-state index is 0.0346. The molecule has 128 valence electrons. The van der Waals surface area contributed by atoms with E-state index in [1.54, 1.807) is 19.0 Å². The van der Waals surface area contributed by atoms with Crippen LogP contribution in [-0.4, -0.2) is 42.2 Å². The first-order valence-corrected chi connectivity index (χ1v) is 7.92. The molecule has 1 atom stereocenters. The van der Waals surface area contributed by atoms with E-state index in [9.17, 15) is 18.7 Å². The van der Waals surface area contributed by atoms with Gasteiger partial charge in [-0.1, -0.05) is 18.9 Å². The van der Waals surface area contributed by atoms with E-state index in [1.165, 1.54) is 18.2 Å². The topological polar surface area (TPSA) is 52.6 Å². The van der Waals surface area contributed by atoms with E-state index in [1.807, 2.05) is 0 Å². The lowest BCUT2D eigenvalue weighted by Crippen LogP contribution is -2.39. The summed E-state index contributed by atoms with van der Waals surface area (Å²) in [6.45, 7) is 0.0831. The first kappa shape index (κ1) is 17.8. The van der Waals surface area contributed by atoms with Crippen molar-refractivity contribution in [2.45, 2.75) is 43.7 Å². The lowest BCUT2D eigenvalue weighted by molar-refractivity contribution is -0.126. The van der Waals surface area contributed by atoms with Crippen LogP contribution in [0.5, 0.6) is 0 Å². The van der Waals surface area contributed by atoms with Crippen LogP contribution in [-0.2, 0) is 4.79 Å². The molecule has 0 heterocycles. The van der Waals surface area contributed by atoms with Crippen LogP contribution < -0.4 is 5.32 Å². The Morgan fingerprint density at radius 1 is 1.30 bits per heavy atom. The summed E-state index contributed by atoms with van der Waals surface area (Å²) in [6, 6.07) is 3.11. The number of hydrogen-bond acceptors (Lipinski definition) is 3. The fourth-order valence-corrected chi connectivity index (χ4v) is 3.15. The first-order valence-electron chi connectivity index (χ1n) is 7.92. The van der Waals surface area contributed by atoms with Crippen LogP contribution in [0.25, 0.3) is 0 Å². The zero-order valence-corrected chi connectivity index (χ0v) is 13.6. The second-order valence-corrected chi connectivity index (χ2v) is 6.53. The van der Waals surface area contributed by atoms with Crippen molar-refractivity contribution < 1.29 is 18.7 Å². The van der Waals surface area contributed by atoms with Crippen molar-refractivity contribution in [2.75, 3.05) is 20.6 Å². The number of rotatable bonds is 6. The van der Waals surface area contributed by atoms with Crippen LogP contribution in [0.3, 0.4) is 0 Å². The Morgan fingerprint density at radius 2 is 1.87 bits per heavy atom. The summed E-state index contributed by atoms with van der Waals surface area (Å²) < 4.78 is 27.9. The number of amides is 1. The van der Waals surface area contributed by atoms with Crippen molar-refractivity contribution in [1.29, 1.82) is 0 Å². The highest BCUT2D eigenvalue weighted by Crippen LogP contribution is 2.32. The second kappa shape index (κ2) is 7.36. The molecule has 1 saturated carbocycles. The van der Waals surface area contributed by atoms with Gasteiger partial charge in [0.25, 0.3) is 0 Å². The van der Waals surface area contributed by atoms with Crippen molar-refractivity contribution in [2.24, 2.45) is 0 Å². The van der Waals surface area contributed by atoms with E-state index in [0.717, 1.165) is 12.8 Å². The molecule has 1 aromatic carbocycles. The largest absolute Gasteiger partial charge is 0.389 e. The Bertz CT molecular complexity index is 537. The fraction of sp³-hybridized carbons (Fsp3) is 0.588. The third-order valence-corrected chi connectivity index (χ3v) is 4.47. The summed E-state index contributed by atoms with van der Waals surface area (Å²) in [6.07, 6.45) is 3.13. The van der Waals surface area contributed by atoms with Crippen molar-refractivity contribution in [3.63, 3.8) is 0 Å². The SMILES string of the molecule is CN(C)C(CNC(=O)CC1(O)CCCC1)c1c(F)cccc1F. The molecule has 1 aliphatic carbocycles. The van der Waals surface area contributed by atoms with Crippen LogP contribution in [0.15, 0.2) is 18.2 Å². The zero-order chi connectivity index (χ0) is 17.0. The molecular formula is C17H24F2N2O2. The highest BCUT2D eigenvalue weighted by molar-refractivity contribution is 5.77. The second-order valence-electron chi connectivity index (χ2n) is 6.53. The molecule has 6 heteroatoms. The molecule has 23 heavy (non-hydrogen) atoms. The fourth-order valence-electron chi connectivity index (χ4n) is 3.15. The van der Waals surface area contributed by atoms with E-state index < -0.39 is 23.3 Å². The number of carbonyl (C=O) groups is 1. The number of likely N-dealkylation sites (N-methyl/N-ethyl adjacent to an activating group) is 1. The van der Waals surface area contributed by atoms with Gasteiger partial charge in [0.2, 0.25) is 5.91 Å². The molecule has 1 fully saturated rings. The number of carbonyl (C=O) groups excluding carboxylic acids is 1. The molecule has 0 radical (unpaired) electrons. The quantitative estimate of drug-likeness (QED) is 0.844. The first-order chi connectivity index (χ1) is 10.8. The number of halogens is 2. The summed E-state index contributed by atoms with van der Waals surface area (Å²) in [7, 11) is 3.40. The van der Waals surface area contributed by atoms with Gasteiger partial charge in [0.1, 0.15) is 11.6 Å². The van der Waals surface area contributed by atoms with Gasteiger partial charge in [0, 0.05) is 12.1 Å². The molecule has 2 N–H and O–H groups in total. The van der Waals surface area contributed by atoms with Crippen LogP contribution in [0.2, 0.25) is 0 Å². The van der Waals surface area contributed by atoms with Gasteiger partial charge in [-0.3, -0.25) is 4.79 Å². The normalized spacial score (nSPS) is 18.2. The number of aliphatic hydroxyl groups is 1. The van der Waals surface area contributed by atoms with E-state index >= 15 is 0 Å². The number of nitrogens with zero attached hydrogens (tertiary/aromatic N) is 1.